The molecular formula is CKNPt. The van der Waals surface area contributed by atoms with Crippen molar-refractivity contribution < 1.29 is 21.1 Å². The second-order valence-corrected chi connectivity index (χ2v) is 0.922. The fourth-order valence-corrected chi connectivity index (χ4v) is 0. The van der Waals surface area contributed by atoms with Gasteiger partial charge in [0.1, 0.15) is 0 Å². The van der Waals surface area contributed by atoms with E-state index < -0.39 is 0 Å². The van der Waals surface area contributed by atoms with Crippen molar-refractivity contribution in [2.45, 2.75) is 0 Å². The number of nitrogens with zero attached hydrogens (tertiary/aromatic N) is 1. The van der Waals surface area contributed by atoms with Gasteiger partial charge >= 0.3 is 54.4 Å². The fourth-order valence-electron chi connectivity index (χ4n) is 0. The summed E-state index contributed by atoms with van der Waals surface area (Å²) in [6.45, 7) is 0. The van der Waals surface area contributed by atoms with Crippen LogP contribution in [0.25, 0.3) is 0 Å². The van der Waals surface area contributed by atoms with Crippen LogP contribution in [0.1, 0.15) is 0 Å². The van der Waals surface area contributed by atoms with E-state index in [0.29, 0.717) is 49.0 Å². The summed E-state index contributed by atoms with van der Waals surface area (Å²) < 4.78 is 1.94. The van der Waals surface area contributed by atoms with Crippen LogP contribution in [0.2, 0.25) is 0 Å². The first-order valence-corrected chi connectivity index (χ1v) is 2.29. The zero-order chi connectivity index (χ0) is 2.71. The molecule has 0 radical (unpaired) electrons. The Morgan fingerprint density at radius 2 is 1.75 bits per heavy atom. The van der Waals surface area contributed by atoms with Crippen LogP contribution in [0.3, 0.4) is 0 Å². The molecule has 1 nitrogen and oxygen atoms in total. The third-order valence-electron chi connectivity index (χ3n) is 0. The molecule has 0 fully saturated rings. The van der Waals surface area contributed by atoms with E-state index >= 15 is 0 Å². The Morgan fingerprint density at radius 1 is 1.75 bits per heavy atom. The van der Waals surface area contributed by atoms with Crippen LogP contribution in [0, 0.1) is 5.43 Å². The average molecular weight is 260 g/mol. The zero-order valence-electron chi connectivity index (χ0n) is 2.26. The van der Waals surface area contributed by atoms with Gasteiger partial charge in [0, 0.05) is 21.1 Å². The number of hydrogen-bond acceptors (Lipinski definition) is 1. The molecule has 0 saturated heterocycles. The van der Waals surface area contributed by atoms with Crippen LogP contribution in [0.5, 0.6) is 0 Å². The molecule has 0 aromatic carbocycles. The van der Waals surface area contributed by atoms with Crippen LogP contribution < -0.4 is 0 Å². The Bertz CT molecular complexity index is 29.5. The largest absolute Gasteiger partial charge is 0 e. The van der Waals surface area contributed by atoms with E-state index in [-0.39, 0.29) is 21.1 Å². The molecule has 0 amide bonds. The van der Waals surface area contributed by atoms with Gasteiger partial charge < -0.3 is 0 Å². The van der Waals surface area contributed by atoms with Gasteiger partial charge in [0.2, 0.25) is 0 Å². The molecule has 0 aromatic rings. The summed E-state index contributed by atoms with van der Waals surface area (Å²) in [5.74, 6) is 0. The number of hydrogen-bond donors (Lipinski definition) is 0. The van der Waals surface area contributed by atoms with Crippen molar-refractivity contribution in [1.29, 1.82) is 5.26 Å². The van der Waals surface area contributed by atoms with E-state index in [4.69, 9.17) is 5.26 Å². The van der Waals surface area contributed by atoms with Crippen molar-refractivity contribution in [2.24, 2.45) is 0 Å². The van der Waals surface area contributed by atoms with Crippen LogP contribution in [-0.2, 0) is 21.1 Å². The topological polar surface area (TPSA) is 23.8 Å². The standard InChI is InChI=1S/CN.K.Pt/c1-2;;. The molecule has 0 N–H and O–H groups in total. The van der Waals surface area contributed by atoms with Crippen molar-refractivity contribution in [3.8, 4) is 0.164 Å². The maximum atomic E-state index is 7.40. The van der Waals surface area contributed by atoms with Crippen molar-refractivity contribution >= 4 is 49.0 Å². The van der Waals surface area contributed by atoms with Gasteiger partial charge in [-0.3, -0.25) is 0 Å². The van der Waals surface area contributed by atoms with E-state index in [1.54, 1.807) is 0 Å². The molecule has 0 aromatic heterocycles. The van der Waals surface area contributed by atoms with E-state index in [9.17, 15) is 0 Å². The molecule has 0 aliphatic carbocycles. The Hall–Kier alpha value is 1.81. The van der Waals surface area contributed by atoms with E-state index in [2.05, 4.69) is 0 Å². The summed E-state index contributed by atoms with van der Waals surface area (Å²) in [5.41, 5.74) is 0. The molecule has 0 rings (SSSR count). The molecule has 0 heterocycles. The number of nitriles is 1. The molecular weight excluding hydrogens is 260 g/mol. The summed E-state index contributed by atoms with van der Waals surface area (Å²) in [7, 11) is 0. The van der Waals surface area contributed by atoms with E-state index in [1.165, 1.54) is 0 Å². The maximum absolute atomic E-state index is 7.40. The van der Waals surface area contributed by atoms with Gasteiger partial charge in [-0.15, -0.1) is 0 Å². The minimum atomic E-state index is 0. The van der Waals surface area contributed by atoms with E-state index in [0.717, 1.165) is 0 Å². The quantitative estimate of drug-likeness (QED) is 0.545. The average Bonchev–Trinajstić information content (AvgIpc) is 0.918. The summed E-state index contributed by atoms with van der Waals surface area (Å²) in [4.78, 5) is 0. The van der Waals surface area contributed by atoms with Crippen LogP contribution in [0.4, 0.5) is 0 Å². The molecule has 0 unspecified atom stereocenters. The van der Waals surface area contributed by atoms with Crippen LogP contribution >= 0.6 is 0 Å². The molecule has 20 valence electrons. The normalized spacial score (nSPS) is 2.25. The number of rotatable bonds is 0. The molecule has 0 spiro atoms. The predicted molar refractivity (Wildman–Crippen MR) is 11.4 cm³/mol. The smallest absolute Gasteiger partial charge is 0 e. The first kappa shape index (κ1) is 9.26. The summed E-state index contributed by atoms with van der Waals surface area (Å²) in [6.07, 6.45) is 0. The minimum absolute atomic E-state index is 0. The first-order valence-electron chi connectivity index (χ1n) is 0.724. The first-order chi connectivity index (χ1) is 1.41. The summed E-state index contributed by atoms with van der Waals surface area (Å²) in [5, 5.41) is 7.40. The Balaban J connectivity index is 0. The van der Waals surface area contributed by atoms with Gasteiger partial charge in [0.25, 0.3) is 0 Å². The minimum Gasteiger partial charge on any atom is 0 e. The van der Waals surface area contributed by atoms with Crippen molar-refractivity contribution in [3.63, 3.8) is 0 Å². The second-order valence-electron chi connectivity index (χ2n) is 0.224. The van der Waals surface area contributed by atoms with Gasteiger partial charge in [-0.2, -0.15) is 0 Å². The summed E-state index contributed by atoms with van der Waals surface area (Å²) in [6, 6.07) is 0. The van der Waals surface area contributed by atoms with Crippen LogP contribution in [0.15, 0.2) is 0 Å². The third-order valence-corrected chi connectivity index (χ3v) is 0. The van der Waals surface area contributed by atoms with E-state index in [1.807, 2.05) is 0.164 Å². The molecule has 0 aliphatic rings. The van der Waals surface area contributed by atoms with Crippen LogP contribution in [-0.4, -0.2) is 49.0 Å². The second kappa shape index (κ2) is 8.84. The van der Waals surface area contributed by atoms with Gasteiger partial charge in [-0.05, 0) is 0 Å². The SMILES string of the molecule is N#[C][K].[Pt]. The van der Waals surface area contributed by atoms with Crippen molar-refractivity contribution in [2.75, 3.05) is 0 Å². The predicted octanol–water partition coefficient (Wildman–Crippen LogP) is -0.367. The van der Waals surface area contributed by atoms with Crippen molar-refractivity contribution in [1.82, 2.24) is 0 Å². The molecule has 4 heavy (non-hydrogen) atoms. The molecule has 0 aliphatic heterocycles. The Labute approximate surface area is 73.6 Å². The van der Waals surface area contributed by atoms with Gasteiger partial charge in [-0.25, -0.2) is 0 Å². The molecule has 0 atom stereocenters. The fraction of sp³-hybridized carbons (Fsp3) is 0. The summed E-state index contributed by atoms with van der Waals surface area (Å²) >= 11 is 0.410. The maximum Gasteiger partial charge on any atom is 0 e. The molecule has 3 heteroatoms. The Morgan fingerprint density at radius 3 is 1.75 bits per heavy atom. The van der Waals surface area contributed by atoms with Gasteiger partial charge in [0.15, 0.2) is 0 Å². The molecule has 0 bridgehead atoms. The third kappa shape index (κ3) is 9.18. The van der Waals surface area contributed by atoms with Crippen molar-refractivity contribution in [3.05, 3.63) is 0 Å². The monoisotopic (exact) mass is 260 g/mol. The van der Waals surface area contributed by atoms with Gasteiger partial charge in [-0.1, -0.05) is 0 Å². The Kier molecular flexibility index (Phi) is 20.5. The van der Waals surface area contributed by atoms with Gasteiger partial charge in [0.05, 0.1) is 0 Å². The molecule has 0 saturated carbocycles. The zero-order valence-corrected chi connectivity index (χ0v) is 7.66.